The van der Waals surface area contributed by atoms with Crippen LogP contribution in [0.1, 0.15) is 61.6 Å². The number of phenols is 1. The molecule has 0 heterocycles. The molecule has 3 heteroatoms. The second kappa shape index (κ2) is 4.59. The van der Waals surface area contributed by atoms with E-state index in [0.717, 1.165) is 38.5 Å². The quantitative estimate of drug-likeness (QED) is 0.794. The largest absolute Gasteiger partial charge is 0.507 e. The van der Waals surface area contributed by atoms with Gasteiger partial charge in [0.1, 0.15) is 17.6 Å². The molecule has 1 N–H and O–H groups in total. The molecule has 4 atom stereocenters. The average Bonchev–Trinajstić information content (AvgIpc) is 2.82. The number of aromatic hydroxyl groups is 1. The van der Waals surface area contributed by atoms with Crippen molar-refractivity contribution in [2.24, 2.45) is 17.3 Å². The van der Waals surface area contributed by atoms with Gasteiger partial charge in [-0.3, -0.25) is 4.79 Å². The van der Waals surface area contributed by atoms with Gasteiger partial charge >= 0.3 is 0 Å². The molecule has 0 saturated heterocycles. The van der Waals surface area contributed by atoms with Gasteiger partial charge in [0.2, 0.25) is 0 Å². The molecule has 0 spiro atoms. The number of fused-ring (bicyclic) bond motifs is 5. The first-order valence-electron chi connectivity index (χ1n) is 8.34. The summed E-state index contributed by atoms with van der Waals surface area (Å²) in [5, 5.41) is 19.1. The first-order valence-corrected chi connectivity index (χ1v) is 8.34. The van der Waals surface area contributed by atoms with Gasteiger partial charge in [-0.05, 0) is 73.1 Å². The number of hydrogen-bond acceptors (Lipinski definition) is 3. The lowest BCUT2D eigenvalue weighted by molar-refractivity contribution is -0.129. The standard InChI is InChI=1S/C19H21NO2/c1-19-7-6-13-14(16(19)4-5-18(19)22)3-2-11-9-17(21)12(10-20)8-15(11)13/h8-9,13-14,16,21H,2-7H2,1H3/t13-,14+,16-,19-/m0/s1. The number of nitrogens with zero attached hydrogens (tertiary/aromatic N) is 1. The van der Waals surface area contributed by atoms with E-state index < -0.39 is 0 Å². The van der Waals surface area contributed by atoms with Gasteiger partial charge in [0, 0.05) is 11.8 Å². The number of aryl methyl sites for hydroxylation is 1. The molecule has 0 aromatic heterocycles. The zero-order valence-electron chi connectivity index (χ0n) is 12.9. The number of benzene rings is 1. The zero-order chi connectivity index (χ0) is 15.5. The van der Waals surface area contributed by atoms with Crippen molar-refractivity contribution < 1.29 is 9.90 Å². The van der Waals surface area contributed by atoms with Crippen LogP contribution in [0, 0.1) is 28.6 Å². The molecular formula is C19H21NO2. The second-order valence-corrected chi connectivity index (χ2v) is 7.51. The summed E-state index contributed by atoms with van der Waals surface area (Å²) < 4.78 is 0. The Morgan fingerprint density at radius 1 is 1.27 bits per heavy atom. The van der Waals surface area contributed by atoms with Gasteiger partial charge in [0.05, 0.1) is 5.56 Å². The maximum atomic E-state index is 12.3. The predicted octanol–water partition coefficient (Wildman–Crippen LogP) is 3.69. The molecule has 2 fully saturated rings. The molecule has 114 valence electrons. The number of carbonyl (C=O) groups is 1. The molecule has 1 aromatic rings. The van der Waals surface area contributed by atoms with E-state index in [1.807, 2.05) is 6.07 Å². The Bertz CT molecular complexity index is 702. The van der Waals surface area contributed by atoms with Gasteiger partial charge in [-0.1, -0.05) is 6.92 Å². The van der Waals surface area contributed by atoms with Crippen molar-refractivity contribution in [2.75, 3.05) is 0 Å². The number of ketones is 1. The lowest BCUT2D eigenvalue weighted by Crippen LogP contribution is -2.42. The van der Waals surface area contributed by atoms with Crippen molar-refractivity contribution in [2.45, 2.75) is 51.4 Å². The molecule has 0 bridgehead atoms. The number of rotatable bonds is 0. The van der Waals surface area contributed by atoms with E-state index in [1.54, 1.807) is 6.07 Å². The molecule has 0 aliphatic heterocycles. The summed E-state index contributed by atoms with van der Waals surface area (Å²) in [5.41, 5.74) is 2.74. The van der Waals surface area contributed by atoms with E-state index in [9.17, 15) is 15.2 Å². The Morgan fingerprint density at radius 2 is 2.09 bits per heavy atom. The monoisotopic (exact) mass is 295 g/mol. The molecular weight excluding hydrogens is 274 g/mol. The van der Waals surface area contributed by atoms with Gasteiger partial charge in [-0.2, -0.15) is 5.26 Å². The summed E-state index contributed by atoms with van der Waals surface area (Å²) in [5.74, 6) is 2.10. The minimum absolute atomic E-state index is 0.104. The van der Waals surface area contributed by atoms with Crippen LogP contribution in [0.4, 0.5) is 0 Å². The van der Waals surface area contributed by atoms with Crippen LogP contribution in [0.2, 0.25) is 0 Å². The smallest absolute Gasteiger partial charge is 0.139 e. The van der Waals surface area contributed by atoms with E-state index in [0.29, 0.717) is 29.1 Å². The number of carbonyl (C=O) groups excluding carboxylic acids is 1. The Balaban J connectivity index is 1.76. The van der Waals surface area contributed by atoms with E-state index in [-0.39, 0.29) is 11.2 Å². The van der Waals surface area contributed by atoms with Crippen molar-refractivity contribution in [3.63, 3.8) is 0 Å². The zero-order valence-corrected chi connectivity index (χ0v) is 12.9. The molecule has 3 aliphatic carbocycles. The highest BCUT2D eigenvalue weighted by Gasteiger charge is 2.54. The fourth-order valence-corrected chi connectivity index (χ4v) is 5.47. The highest BCUT2D eigenvalue weighted by Crippen LogP contribution is 2.59. The molecule has 1 aromatic carbocycles. The number of phenolic OH excluding ortho intramolecular Hbond substituents is 1. The van der Waals surface area contributed by atoms with Crippen LogP contribution in [0.5, 0.6) is 5.75 Å². The maximum absolute atomic E-state index is 12.3. The van der Waals surface area contributed by atoms with E-state index >= 15 is 0 Å². The van der Waals surface area contributed by atoms with Crippen LogP contribution >= 0.6 is 0 Å². The van der Waals surface area contributed by atoms with Gasteiger partial charge in [-0.25, -0.2) is 0 Å². The minimum Gasteiger partial charge on any atom is -0.507 e. The first kappa shape index (κ1) is 13.8. The third-order valence-corrected chi connectivity index (χ3v) is 6.67. The number of hydrogen-bond donors (Lipinski definition) is 1. The van der Waals surface area contributed by atoms with Crippen molar-refractivity contribution in [3.8, 4) is 11.8 Å². The third kappa shape index (κ3) is 1.70. The Labute approximate surface area is 131 Å². The lowest BCUT2D eigenvalue weighted by Gasteiger charge is -2.48. The Kier molecular flexibility index (Phi) is 2.88. The third-order valence-electron chi connectivity index (χ3n) is 6.67. The molecule has 3 aliphatic rings. The van der Waals surface area contributed by atoms with Gasteiger partial charge in [-0.15, -0.1) is 0 Å². The molecule has 2 saturated carbocycles. The number of Topliss-reactive ketones (excluding diaryl/α,β-unsaturated/α-hetero) is 1. The Morgan fingerprint density at radius 3 is 2.86 bits per heavy atom. The van der Waals surface area contributed by atoms with Gasteiger partial charge in [0.15, 0.2) is 0 Å². The maximum Gasteiger partial charge on any atom is 0.139 e. The SMILES string of the molecule is C[C@]12CC[C@@H]3c4cc(C#N)c(O)cc4CC[C@H]3[C@@H]1CCC2=O. The van der Waals surface area contributed by atoms with Crippen LogP contribution in [0.3, 0.4) is 0 Å². The van der Waals surface area contributed by atoms with Crippen molar-refractivity contribution in [3.05, 3.63) is 28.8 Å². The molecule has 22 heavy (non-hydrogen) atoms. The average molecular weight is 295 g/mol. The van der Waals surface area contributed by atoms with E-state index in [2.05, 4.69) is 13.0 Å². The van der Waals surface area contributed by atoms with Crippen LogP contribution in [-0.4, -0.2) is 10.9 Å². The summed E-state index contributed by atoms with van der Waals surface area (Å²) in [4.78, 5) is 12.3. The van der Waals surface area contributed by atoms with Crippen molar-refractivity contribution in [1.82, 2.24) is 0 Å². The lowest BCUT2D eigenvalue weighted by atomic mass is 9.55. The normalized spacial score (nSPS) is 36.2. The van der Waals surface area contributed by atoms with Crippen LogP contribution in [-0.2, 0) is 11.2 Å². The first-order chi connectivity index (χ1) is 10.5. The topological polar surface area (TPSA) is 61.1 Å². The predicted molar refractivity (Wildman–Crippen MR) is 82.4 cm³/mol. The fourth-order valence-electron chi connectivity index (χ4n) is 5.47. The van der Waals surface area contributed by atoms with Gasteiger partial charge < -0.3 is 5.11 Å². The molecule has 0 radical (unpaired) electrons. The van der Waals surface area contributed by atoms with Crippen molar-refractivity contribution in [1.29, 1.82) is 5.26 Å². The summed E-state index contributed by atoms with van der Waals surface area (Å²) in [7, 11) is 0. The Hall–Kier alpha value is -1.82. The van der Waals surface area contributed by atoms with E-state index in [1.165, 1.54) is 11.1 Å². The van der Waals surface area contributed by atoms with Crippen LogP contribution < -0.4 is 0 Å². The van der Waals surface area contributed by atoms with Crippen LogP contribution in [0.15, 0.2) is 12.1 Å². The summed E-state index contributed by atoms with van der Waals surface area (Å²) in [6.45, 7) is 2.18. The van der Waals surface area contributed by atoms with E-state index in [4.69, 9.17) is 0 Å². The number of nitriles is 1. The molecule has 0 unspecified atom stereocenters. The summed E-state index contributed by atoms with van der Waals surface area (Å²) in [6, 6.07) is 5.79. The minimum atomic E-state index is -0.104. The van der Waals surface area contributed by atoms with Crippen LogP contribution in [0.25, 0.3) is 0 Å². The van der Waals surface area contributed by atoms with Gasteiger partial charge in [0.25, 0.3) is 0 Å². The molecule has 0 amide bonds. The van der Waals surface area contributed by atoms with Crippen molar-refractivity contribution >= 4 is 5.78 Å². The fraction of sp³-hybridized carbons (Fsp3) is 0.579. The summed E-state index contributed by atoms with van der Waals surface area (Å²) >= 11 is 0. The highest BCUT2D eigenvalue weighted by molar-refractivity contribution is 5.87. The summed E-state index contributed by atoms with van der Waals surface area (Å²) in [6.07, 6.45) is 5.85. The molecule has 4 rings (SSSR count). The highest BCUT2D eigenvalue weighted by atomic mass is 16.3. The second-order valence-electron chi connectivity index (χ2n) is 7.51. The molecule has 3 nitrogen and oxygen atoms in total.